The molecule has 0 aliphatic rings. The maximum atomic E-state index is 10.7. The molecule has 0 saturated carbocycles. The van der Waals surface area contributed by atoms with E-state index in [0.29, 0.717) is 13.0 Å². The Labute approximate surface area is 126 Å². The molecule has 0 aromatic heterocycles. The van der Waals surface area contributed by atoms with Gasteiger partial charge < -0.3 is 15.6 Å². The zero-order valence-corrected chi connectivity index (χ0v) is 12.7. The van der Waals surface area contributed by atoms with Gasteiger partial charge in [-0.2, -0.15) is 0 Å². The van der Waals surface area contributed by atoms with Crippen molar-refractivity contribution in [3.8, 4) is 5.75 Å². The molecule has 0 amide bonds. The lowest BCUT2D eigenvalue weighted by Crippen LogP contribution is -2.36. The maximum Gasteiger partial charge on any atom is 0.122 e. The number of aryl methyl sites for hydroxylation is 2. The average molecular weight is 285 g/mol. The van der Waals surface area contributed by atoms with Crippen LogP contribution in [0, 0.1) is 13.8 Å². The van der Waals surface area contributed by atoms with Gasteiger partial charge in [-0.1, -0.05) is 42.5 Å². The van der Waals surface area contributed by atoms with Gasteiger partial charge in [0.25, 0.3) is 0 Å². The van der Waals surface area contributed by atoms with Gasteiger partial charge in [0.05, 0.1) is 6.61 Å². The molecule has 2 rings (SSSR count). The third-order valence-corrected chi connectivity index (χ3v) is 3.77. The van der Waals surface area contributed by atoms with Gasteiger partial charge in [-0.15, -0.1) is 0 Å². The molecule has 0 heterocycles. The first kappa shape index (κ1) is 15.5. The van der Waals surface area contributed by atoms with Crippen LogP contribution in [0.1, 0.15) is 23.1 Å². The number of hydrogen-bond donors (Lipinski definition) is 2. The second-order valence-electron chi connectivity index (χ2n) is 5.47. The van der Waals surface area contributed by atoms with Crippen molar-refractivity contribution in [1.29, 1.82) is 0 Å². The number of benzene rings is 2. The smallest absolute Gasteiger partial charge is 0.122 e. The van der Waals surface area contributed by atoms with E-state index in [9.17, 15) is 5.11 Å². The van der Waals surface area contributed by atoms with E-state index in [2.05, 4.69) is 6.07 Å². The van der Waals surface area contributed by atoms with Crippen molar-refractivity contribution < 1.29 is 9.84 Å². The van der Waals surface area contributed by atoms with Gasteiger partial charge in [-0.25, -0.2) is 0 Å². The molecule has 0 fully saturated rings. The van der Waals surface area contributed by atoms with Crippen molar-refractivity contribution >= 4 is 0 Å². The molecule has 3 N–H and O–H groups in total. The predicted molar refractivity (Wildman–Crippen MR) is 85.4 cm³/mol. The van der Waals surface area contributed by atoms with E-state index >= 15 is 0 Å². The topological polar surface area (TPSA) is 55.5 Å². The number of hydrogen-bond acceptors (Lipinski definition) is 3. The summed E-state index contributed by atoms with van der Waals surface area (Å²) in [6.45, 7) is 4.65. The fraction of sp³-hybridized carbons (Fsp3) is 0.333. The van der Waals surface area contributed by atoms with Gasteiger partial charge in [0.2, 0.25) is 0 Å². The van der Waals surface area contributed by atoms with Crippen LogP contribution in [0.3, 0.4) is 0 Å². The highest BCUT2D eigenvalue weighted by molar-refractivity contribution is 5.36. The van der Waals surface area contributed by atoms with Gasteiger partial charge in [0.1, 0.15) is 11.4 Å². The summed E-state index contributed by atoms with van der Waals surface area (Å²) in [5.41, 5.74) is 7.81. The summed E-state index contributed by atoms with van der Waals surface area (Å²) in [5.74, 6) is 0.863. The molecule has 0 aliphatic heterocycles. The highest BCUT2D eigenvalue weighted by atomic mass is 16.5. The van der Waals surface area contributed by atoms with E-state index in [-0.39, 0.29) is 6.54 Å². The van der Waals surface area contributed by atoms with Crippen molar-refractivity contribution in [3.63, 3.8) is 0 Å². The Morgan fingerprint density at radius 1 is 1.10 bits per heavy atom. The van der Waals surface area contributed by atoms with Gasteiger partial charge in [0, 0.05) is 13.0 Å². The molecule has 0 spiro atoms. The number of rotatable bonds is 6. The maximum absolute atomic E-state index is 10.7. The van der Waals surface area contributed by atoms with E-state index in [4.69, 9.17) is 10.5 Å². The lowest BCUT2D eigenvalue weighted by atomic mass is 9.91. The molecule has 0 aliphatic carbocycles. The summed E-state index contributed by atoms with van der Waals surface area (Å²) in [6.07, 6.45) is 0.459. The summed E-state index contributed by atoms with van der Waals surface area (Å²) in [7, 11) is 0. The monoisotopic (exact) mass is 285 g/mol. The van der Waals surface area contributed by atoms with Crippen LogP contribution in [0.25, 0.3) is 0 Å². The van der Waals surface area contributed by atoms with Crippen LogP contribution in [0.5, 0.6) is 5.75 Å². The Bertz CT molecular complexity index is 583. The molecule has 2 aromatic rings. The second-order valence-corrected chi connectivity index (χ2v) is 5.47. The Balaban J connectivity index is 2.02. The van der Waals surface area contributed by atoms with Gasteiger partial charge >= 0.3 is 0 Å². The summed E-state index contributed by atoms with van der Waals surface area (Å²) in [5, 5.41) is 10.7. The van der Waals surface area contributed by atoms with E-state index in [1.54, 1.807) is 0 Å². The van der Waals surface area contributed by atoms with Crippen LogP contribution in [-0.2, 0) is 5.60 Å². The molecule has 1 atom stereocenters. The first-order chi connectivity index (χ1) is 10.0. The van der Waals surface area contributed by atoms with Gasteiger partial charge in [-0.3, -0.25) is 0 Å². The molecule has 3 heteroatoms. The number of ether oxygens (including phenoxy) is 1. The minimum atomic E-state index is -1.04. The molecular formula is C18H23NO2. The standard InChI is InChI=1S/C18H23NO2/c1-14-8-9-15(2)17(12-14)21-11-10-18(20,13-19)16-6-4-3-5-7-16/h3-9,12,20H,10-11,13,19H2,1-2H3. The quantitative estimate of drug-likeness (QED) is 0.858. The second kappa shape index (κ2) is 6.74. The third kappa shape index (κ3) is 3.84. The Morgan fingerprint density at radius 2 is 1.81 bits per heavy atom. The van der Waals surface area contributed by atoms with Crippen LogP contribution in [0.4, 0.5) is 0 Å². The highest BCUT2D eigenvalue weighted by Gasteiger charge is 2.27. The first-order valence-corrected chi connectivity index (χ1v) is 7.23. The minimum absolute atomic E-state index is 0.174. The summed E-state index contributed by atoms with van der Waals surface area (Å²) in [4.78, 5) is 0. The zero-order valence-electron chi connectivity index (χ0n) is 12.7. The van der Waals surface area contributed by atoms with Crippen LogP contribution in [-0.4, -0.2) is 18.3 Å². The highest BCUT2D eigenvalue weighted by Crippen LogP contribution is 2.25. The van der Waals surface area contributed by atoms with Crippen molar-refractivity contribution in [3.05, 3.63) is 65.2 Å². The average Bonchev–Trinajstić information content (AvgIpc) is 2.51. The predicted octanol–water partition coefficient (Wildman–Crippen LogP) is 2.92. The fourth-order valence-corrected chi connectivity index (χ4v) is 2.31. The number of nitrogens with two attached hydrogens (primary N) is 1. The van der Waals surface area contributed by atoms with Crippen molar-refractivity contribution in [1.82, 2.24) is 0 Å². The Morgan fingerprint density at radius 3 is 2.48 bits per heavy atom. The van der Waals surface area contributed by atoms with Gasteiger partial charge in [0.15, 0.2) is 0 Å². The molecule has 0 saturated heterocycles. The Kier molecular flexibility index (Phi) is 4.99. The summed E-state index contributed by atoms with van der Waals surface area (Å²) in [6, 6.07) is 15.6. The van der Waals surface area contributed by atoms with Crippen LogP contribution in [0.2, 0.25) is 0 Å². The molecule has 2 aromatic carbocycles. The lowest BCUT2D eigenvalue weighted by Gasteiger charge is -2.27. The van der Waals surface area contributed by atoms with Crippen LogP contribution >= 0.6 is 0 Å². The number of aliphatic hydroxyl groups is 1. The van der Waals surface area contributed by atoms with E-state index in [0.717, 1.165) is 22.4 Å². The van der Waals surface area contributed by atoms with E-state index in [1.165, 1.54) is 0 Å². The fourth-order valence-electron chi connectivity index (χ4n) is 2.31. The summed E-state index contributed by atoms with van der Waals surface area (Å²) < 4.78 is 5.82. The molecule has 112 valence electrons. The molecule has 3 nitrogen and oxygen atoms in total. The van der Waals surface area contributed by atoms with E-state index in [1.807, 2.05) is 56.3 Å². The minimum Gasteiger partial charge on any atom is -0.493 e. The van der Waals surface area contributed by atoms with Crippen molar-refractivity contribution in [2.45, 2.75) is 25.9 Å². The van der Waals surface area contributed by atoms with Gasteiger partial charge in [-0.05, 0) is 36.6 Å². The Hall–Kier alpha value is -1.84. The van der Waals surface area contributed by atoms with Crippen molar-refractivity contribution in [2.24, 2.45) is 5.73 Å². The van der Waals surface area contributed by atoms with Crippen LogP contribution in [0.15, 0.2) is 48.5 Å². The SMILES string of the molecule is Cc1ccc(C)c(OCCC(O)(CN)c2ccccc2)c1. The van der Waals surface area contributed by atoms with Crippen molar-refractivity contribution in [2.75, 3.05) is 13.2 Å². The normalized spacial score (nSPS) is 13.7. The molecule has 0 radical (unpaired) electrons. The molecule has 0 bridgehead atoms. The van der Waals surface area contributed by atoms with Crippen LogP contribution < -0.4 is 10.5 Å². The zero-order chi connectivity index (χ0) is 15.3. The third-order valence-electron chi connectivity index (χ3n) is 3.77. The molecular weight excluding hydrogens is 262 g/mol. The summed E-state index contributed by atoms with van der Waals surface area (Å²) >= 11 is 0. The lowest BCUT2D eigenvalue weighted by molar-refractivity contribution is 0.0232. The first-order valence-electron chi connectivity index (χ1n) is 7.23. The van der Waals surface area contributed by atoms with E-state index < -0.39 is 5.60 Å². The molecule has 21 heavy (non-hydrogen) atoms. The molecule has 1 unspecified atom stereocenters. The largest absolute Gasteiger partial charge is 0.493 e.